The molecule has 0 saturated heterocycles. The van der Waals surface area contributed by atoms with Gasteiger partial charge in [-0.05, 0) is 23.8 Å². The van der Waals surface area contributed by atoms with E-state index in [1.165, 1.54) is 18.2 Å². The van der Waals surface area contributed by atoms with E-state index in [9.17, 15) is 13.6 Å². The van der Waals surface area contributed by atoms with Crippen molar-refractivity contribution < 1.29 is 18.0 Å². The first kappa shape index (κ1) is 12.4. The number of nitrogens with two attached hydrogens (primary N) is 1. The van der Waals surface area contributed by atoms with E-state index in [1.807, 2.05) is 0 Å². The second-order valence-corrected chi connectivity index (χ2v) is 3.78. The third-order valence-corrected chi connectivity index (χ3v) is 2.52. The van der Waals surface area contributed by atoms with Crippen LogP contribution in [-0.4, -0.2) is 5.78 Å². The predicted molar refractivity (Wildman–Crippen MR) is 61.0 cm³/mol. The van der Waals surface area contributed by atoms with Crippen LogP contribution in [0.25, 0.3) is 0 Å². The number of rotatable bonds is 4. The molecule has 0 aliphatic carbocycles. The second-order valence-electron chi connectivity index (χ2n) is 3.78. The summed E-state index contributed by atoms with van der Waals surface area (Å²) in [6.45, 7) is 0.182. The molecule has 1 aromatic heterocycles. The zero-order valence-electron chi connectivity index (χ0n) is 9.45. The second kappa shape index (κ2) is 5.10. The molecule has 0 amide bonds. The van der Waals surface area contributed by atoms with Crippen LogP contribution in [-0.2, 0) is 13.0 Å². The first-order chi connectivity index (χ1) is 8.61. The Labute approximate surface area is 102 Å². The third kappa shape index (κ3) is 2.46. The van der Waals surface area contributed by atoms with Crippen LogP contribution >= 0.6 is 0 Å². The minimum Gasteiger partial charge on any atom is -0.457 e. The van der Waals surface area contributed by atoms with Gasteiger partial charge in [-0.1, -0.05) is 12.1 Å². The van der Waals surface area contributed by atoms with E-state index in [0.29, 0.717) is 5.76 Å². The average Bonchev–Trinajstić information content (AvgIpc) is 2.83. The molecule has 0 atom stereocenters. The molecule has 1 heterocycles. The van der Waals surface area contributed by atoms with Crippen LogP contribution < -0.4 is 5.73 Å². The largest absolute Gasteiger partial charge is 0.457 e. The highest BCUT2D eigenvalue weighted by Crippen LogP contribution is 2.15. The van der Waals surface area contributed by atoms with E-state index < -0.39 is 17.4 Å². The van der Waals surface area contributed by atoms with Crippen molar-refractivity contribution in [3.05, 3.63) is 59.1 Å². The van der Waals surface area contributed by atoms with Crippen molar-refractivity contribution in [2.45, 2.75) is 13.0 Å². The maximum absolute atomic E-state index is 13.4. The summed E-state index contributed by atoms with van der Waals surface area (Å²) >= 11 is 0. The van der Waals surface area contributed by atoms with Gasteiger partial charge in [0.05, 0.1) is 6.54 Å². The summed E-state index contributed by atoms with van der Waals surface area (Å²) in [5.41, 5.74) is 5.35. The fourth-order valence-corrected chi connectivity index (χ4v) is 1.58. The van der Waals surface area contributed by atoms with Crippen molar-refractivity contribution in [3.63, 3.8) is 0 Å². The molecule has 2 rings (SSSR count). The van der Waals surface area contributed by atoms with Crippen LogP contribution in [0.4, 0.5) is 8.78 Å². The molecule has 0 aliphatic heterocycles. The van der Waals surface area contributed by atoms with E-state index in [2.05, 4.69) is 0 Å². The molecule has 0 fully saturated rings. The molecular formula is C13H11F2NO2. The number of hydrogen-bond donors (Lipinski definition) is 1. The number of benzene rings is 1. The van der Waals surface area contributed by atoms with Gasteiger partial charge in [0.15, 0.2) is 17.4 Å². The average molecular weight is 251 g/mol. The predicted octanol–water partition coefficient (Wildman–Crippen LogP) is 2.44. The molecule has 94 valence electrons. The monoisotopic (exact) mass is 251 g/mol. The minimum absolute atomic E-state index is 0.00528. The molecule has 2 aromatic rings. The molecule has 5 heteroatoms. The van der Waals surface area contributed by atoms with Crippen LogP contribution in [0.15, 0.2) is 34.7 Å². The summed E-state index contributed by atoms with van der Waals surface area (Å²) in [7, 11) is 0. The number of hydrogen-bond acceptors (Lipinski definition) is 3. The Balaban J connectivity index is 2.18. The standard InChI is InChI=1S/C13H11F2NO2/c14-10-3-1-2-8(13(10)15)6-11(17)12-5-4-9(7-16)18-12/h1-5H,6-7,16H2. The van der Waals surface area contributed by atoms with E-state index in [-0.39, 0.29) is 24.3 Å². The van der Waals surface area contributed by atoms with Crippen molar-refractivity contribution in [3.8, 4) is 0 Å². The molecular weight excluding hydrogens is 240 g/mol. The van der Waals surface area contributed by atoms with Crippen molar-refractivity contribution in [2.75, 3.05) is 0 Å². The summed E-state index contributed by atoms with van der Waals surface area (Å²) in [6, 6.07) is 6.77. The molecule has 0 spiro atoms. The molecule has 1 aromatic carbocycles. The van der Waals surface area contributed by atoms with E-state index >= 15 is 0 Å². The molecule has 0 saturated carbocycles. The Hall–Kier alpha value is -2.01. The van der Waals surface area contributed by atoms with Crippen LogP contribution in [0.5, 0.6) is 0 Å². The number of carbonyl (C=O) groups is 1. The molecule has 2 N–H and O–H groups in total. The van der Waals surface area contributed by atoms with Gasteiger partial charge in [-0.15, -0.1) is 0 Å². The zero-order chi connectivity index (χ0) is 13.1. The van der Waals surface area contributed by atoms with Crippen molar-refractivity contribution in [2.24, 2.45) is 5.73 Å². The SMILES string of the molecule is NCc1ccc(C(=O)Cc2cccc(F)c2F)o1. The topological polar surface area (TPSA) is 56.2 Å². The number of halogens is 2. The van der Waals surface area contributed by atoms with Crippen LogP contribution in [0, 0.1) is 11.6 Å². The lowest BCUT2D eigenvalue weighted by Crippen LogP contribution is -2.05. The molecule has 0 unspecified atom stereocenters. The van der Waals surface area contributed by atoms with E-state index in [1.54, 1.807) is 6.07 Å². The number of furan rings is 1. The molecule has 0 aliphatic rings. The summed E-state index contributed by atoms with van der Waals surface area (Å²) in [5, 5.41) is 0. The highest BCUT2D eigenvalue weighted by molar-refractivity contribution is 5.95. The van der Waals surface area contributed by atoms with Gasteiger partial charge in [-0.2, -0.15) is 0 Å². The summed E-state index contributed by atoms with van der Waals surface area (Å²) < 4.78 is 31.5. The zero-order valence-corrected chi connectivity index (χ0v) is 9.45. The van der Waals surface area contributed by atoms with Gasteiger partial charge in [0.25, 0.3) is 0 Å². The molecule has 0 radical (unpaired) electrons. The first-order valence-corrected chi connectivity index (χ1v) is 5.36. The van der Waals surface area contributed by atoms with Gasteiger partial charge in [-0.25, -0.2) is 8.78 Å². The van der Waals surface area contributed by atoms with Crippen molar-refractivity contribution in [1.82, 2.24) is 0 Å². The molecule has 18 heavy (non-hydrogen) atoms. The van der Waals surface area contributed by atoms with Gasteiger partial charge < -0.3 is 10.2 Å². The van der Waals surface area contributed by atoms with Crippen molar-refractivity contribution >= 4 is 5.78 Å². The smallest absolute Gasteiger partial charge is 0.202 e. The van der Waals surface area contributed by atoms with Gasteiger partial charge in [0.1, 0.15) is 5.76 Å². The fraction of sp³-hybridized carbons (Fsp3) is 0.154. The Morgan fingerprint density at radius 1 is 1.22 bits per heavy atom. The lowest BCUT2D eigenvalue weighted by atomic mass is 10.1. The Kier molecular flexibility index (Phi) is 3.53. The highest BCUT2D eigenvalue weighted by Gasteiger charge is 2.15. The highest BCUT2D eigenvalue weighted by atomic mass is 19.2. The van der Waals surface area contributed by atoms with Crippen LogP contribution in [0.3, 0.4) is 0 Å². The summed E-state index contributed by atoms with van der Waals surface area (Å²) in [6.07, 6.45) is -0.249. The number of carbonyl (C=O) groups excluding carboxylic acids is 1. The third-order valence-electron chi connectivity index (χ3n) is 2.52. The van der Waals surface area contributed by atoms with E-state index in [4.69, 9.17) is 10.2 Å². The fourth-order valence-electron chi connectivity index (χ4n) is 1.58. The summed E-state index contributed by atoms with van der Waals surface area (Å²) in [4.78, 5) is 11.8. The quantitative estimate of drug-likeness (QED) is 0.849. The van der Waals surface area contributed by atoms with Crippen LogP contribution in [0.1, 0.15) is 21.9 Å². The van der Waals surface area contributed by atoms with E-state index in [0.717, 1.165) is 6.07 Å². The van der Waals surface area contributed by atoms with Crippen molar-refractivity contribution in [1.29, 1.82) is 0 Å². The Bertz CT molecular complexity index is 578. The van der Waals surface area contributed by atoms with Gasteiger partial charge in [-0.3, -0.25) is 4.79 Å². The van der Waals surface area contributed by atoms with Crippen LogP contribution in [0.2, 0.25) is 0 Å². The number of Topliss-reactive ketones (excluding diaryl/α,β-unsaturated/α-hetero) is 1. The normalized spacial score (nSPS) is 10.6. The Morgan fingerprint density at radius 2 is 2.00 bits per heavy atom. The maximum atomic E-state index is 13.4. The molecule has 0 bridgehead atoms. The first-order valence-electron chi connectivity index (χ1n) is 5.36. The number of ketones is 1. The Morgan fingerprint density at radius 3 is 2.67 bits per heavy atom. The molecule has 3 nitrogen and oxygen atoms in total. The van der Waals surface area contributed by atoms with Gasteiger partial charge >= 0.3 is 0 Å². The summed E-state index contributed by atoms with van der Waals surface area (Å²) in [5.74, 6) is -1.82. The van der Waals surface area contributed by atoms with Gasteiger partial charge in [0, 0.05) is 6.42 Å². The maximum Gasteiger partial charge on any atom is 0.202 e. The van der Waals surface area contributed by atoms with Gasteiger partial charge in [0.2, 0.25) is 5.78 Å². The minimum atomic E-state index is -1.00. The lowest BCUT2D eigenvalue weighted by Gasteiger charge is -2.01. The lowest BCUT2D eigenvalue weighted by molar-refractivity contribution is 0.0963.